The van der Waals surface area contributed by atoms with Crippen LogP contribution in [0.25, 0.3) is 0 Å². The van der Waals surface area contributed by atoms with Crippen molar-refractivity contribution in [2.75, 3.05) is 17.2 Å². The molecular weight excluding hydrogens is 395 g/mol. The maximum absolute atomic E-state index is 13.0. The fourth-order valence-corrected chi connectivity index (χ4v) is 2.79. The number of nitrogens with one attached hydrogen (secondary N) is 2. The highest BCUT2D eigenvalue weighted by molar-refractivity contribution is 6.07. The zero-order valence-electron chi connectivity index (χ0n) is 17.5. The van der Waals surface area contributed by atoms with Gasteiger partial charge in [-0.05, 0) is 79.1 Å². The van der Waals surface area contributed by atoms with E-state index in [0.29, 0.717) is 35.0 Å². The minimum atomic E-state index is -0.377. The number of halogens is 1. The summed E-state index contributed by atoms with van der Waals surface area (Å²) in [6.07, 6.45) is 0.966. The van der Waals surface area contributed by atoms with E-state index in [0.717, 1.165) is 12.2 Å². The second-order valence-electron chi connectivity index (χ2n) is 7.55. The van der Waals surface area contributed by atoms with Crippen LogP contribution in [-0.2, 0) is 0 Å². The Morgan fingerprint density at radius 1 is 0.839 bits per heavy atom. The maximum Gasteiger partial charge on any atom is 0.255 e. The van der Waals surface area contributed by atoms with E-state index < -0.39 is 0 Å². The van der Waals surface area contributed by atoms with Crippen LogP contribution < -0.4 is 15.4 Å². The van der Waals surface area contributed by atoms with Crippen LogP contribution >= 0.6 is 0 Å². The first-order valence-electron chi connectivity index (χ1n) is 10.1. The number of ether oxygens (including phenoxy) is 1. The summed E-state index contributed by atoms with van der Waals surface area (Å²) < 4.78 is 18.7. The standard InChI is InChI=1S/C25H25FN2O3/c1-17(2)14-15-31-23-12-6-18(7-13-23)24(29)28-22-5-3-4-19(16-22)25(30)27-21-10-8-20(26)9-11-21/h3-13,16-17H,14-15H2,1-2H3,(H,27,30)(H,28,29). The van der Waals surface area contributed by atoms with E-state index in [9.17, 15) is 14.0 Å². The van der Waals surface area contributed by atoms with Crippen molar-refractivity contribution in [2.24, 2.45) is 5.92 Å². The van der Waals surface area contributed by atoms with Gasteiger partial charge in [-0.25, -0.2) is 4.39 Å². The van der Waals surface area contributed by atoms with Gasteiger partial charge >= 0.3 is 0 Å². The average molecular weight is 420 g/mol. The molecule has 0 aliphatic heterocycles. The number of carbonyl (C=O) groups excluding carboxylic acids is 2. The Morgan fingerprint density at radius 3 is 2.16 bits per heavy atom. The third-order valence-corrected chi connectivity index (χ3v) is 4.57. The van der Waals surface area contributed by atoms with Crippen LogP contribution in [0.15, 0.2) is 72.8 Å². The summed E-state index contributed by atoms with van der Waals surface area (Å²) in [4.78, 5) is 25.0. The van der Waals surface area contributed by atoms with Gasteiger partial charge in [-0.2, -0.15) is 0 Å². The van der Waals surface area contributed by atoms with Crippen LogP contribution in [0, 0.1) is 11.7 Å². The number of hydrogen-bond acceptors (Lipinski definition) is 3. The Balaban J connectivity index is 1.60. The van der Waals surface area contributed by atoms with Gasteiger partial charge in [0.15, 0.2) is 0 Å². The molecule has 31 heavy (non-hydrogen) atoms. The number of amides is 2. The summed E-state index contributed by atoms with van der Waals surface area (Å²) in [6, 6.07) is 19.0. The summed E-state index contributed by atoms with van der Waals surface area (Å²) in [6.45, 7) is 4.91. The molecule has 0 aromatic heterocycles. The number of benzene rings is 3. The quantitative estimate of drug-likeness (QED) is 0.487. The van der Waals surface area contributed by atoms with Crippen LogP contribution in [0.1, 0.15) is 41.0 Å². The smallest absolute Gasteiger partial charge is 0.255 e. The van der Waals surface area contributed by atoms with Crippen molar-refractivity contribution >= 4 is 23.2 Å². The van der Waals surface area contributed by atoms with Gasteiger partial charge < -0.3 is 15.4 Å². The minimum absolute atomic E-state index is 0.287. The Morgan fingerprint density at radius 2 is 1.48 bits per heavy atom. The topological polar surface area (TPSA) is 67.4 Å². The summed E-state index contributed by atoms with van der Waals surface area (Å²) in [7, 11) is 0. The lowest BCUT2D eigenvalue weighted by Crippen LogP contribution is -2.14. The molecule has 3 rings (SSSR count). The summed E-state index contributed by atoms with van der Waals surface area (Å²) in [5, 5.41) is 5.49. The number of carbonyl (C=O) groups is 2. The highest BCUT2D eigenvalue weighted by atomic mass is 19.1. The molecule has 0 spiro atoms. The van der Waals surface area contributed by atoms with Gasteiger partial charge in [0.25, 0.3) is 11.8 Å². The molecule has 0 bridgehead atoms. The molecule has 2 amide bonds. The molecule has 5 nitrogen and oxygen atoms in total. The Kier molecular flexibility index (Phi) is 7.38. The van der Waals surface area contributed by atoms with E-state index in [1.807, 2.05) is 0 Å². The summed E-state index contributed by atoms with van der Waals surface area (Å²) in [5.74, 6) is 0.267. The van der Waals surface area contributed by atoms with Crippen LogP contribution in [0.2, 0.25) is 0 Å². The first-order chi connectivity index (χ1) is 14.9. The van der Waals surface area contributed by atoms with Gasteiger partial charge in [0.05, 0.1) is 6.61 Å². The van der Waals surface area contributed by atoms with Crippen molar-refractivity contribution in [3.05, 3.63) is 89.7 Å². The number of anilines is 2. The van der Waals surface area contributed by atoms with Crippen LogP contribution in [0.4, 0.5) is 15.8 Å². The zero-order chi connectivity index (χ0) is 22.2. The molecule has 0 atom stereocenters. The highest BCUT2D eigenvalue weighted by Crippen LogP contribution is 2.17. The molecule has 0 fully saturated rings. The number of rotatable bonds is 8. The van der Waals surface area contributed by atoms with Crippen LogP contribution in [0.3, 0.4) is 0 Å². The Bertz CT molecular complexity index is 1030. The second-order valence-corrected chi connectivity index (χ2v) is 7.55. The predicted octanol–water partition coefficient (Wildman–Crippen LogP) is 5.76. The summed E-state index contributed by atoms with van der Waals surface area (Å²) in [5.41, 5.74) is 1.83. The van der Waals surface area contributed by atoms with Gasteiger partial charge in [0, 0.05) is 22.5 Å². The molecule has 0 heterocycles. The van der Waals surface area contributed by atoms with E-state index in [1.165, 1.54) is 24.3 Å². The highest BCUT2D eigenvalue weighted by Gasteiger charge is 2.10. The third kappa shape index (κ3) is 6.67. The van der Waals surface area contributed by atoms with Crippen LogP contribution in [0.5, 0.6) is 5.75 Å². The lowest BCUT2D eigenvalue weighted by molar-refractivity contribution is 0.101. The molecule has 0 saturated heterocycles. The van der Waals surface area contributed by atoms with Crippen molar-refractivity contribution in [1.29, 1.82) is 0 Å². The normalized spacial score (nSPS) is 10.6. The molecule has 160 valence electrons. The van der Waals surface area contributed by atoms with Gasteiger partial charge in [0.1, 0.15) is 11.6 Å². The minimum Gasteiger partial charge on any atom is -0.494 e. The Hall–Kier alpha value is -3.67. The van der Waals surface area contributed by atoms with Gasteiger partial charge in [-0.3, -0.25) is 9.59 Å². The van der Waals surface area contributed by atoms with E-state index in [4.69, 9.17) is 4.74 Å². The molecule has 3 aromatic rings. The molecular formula is C25H25FN2O3. The van der Waals surface area contributed by atoms with Gasteiger partial charge in [-0.1, -0.05) is 19.9 Å². The second kappa shape index (κ2) is 10.4. The molecule has 2 N–H and O–H groups in total. The van der Waals surface area contributed by atoms with Crippen molar-refractivity contribution < 1.29 is 18.7 Å². The molecule has 0 aliphatic rings. The van der Waals surface area contributed by atoms with E-state index in [1.54, 1.807) is 48.5 Å². The SMILES string of the molecule is CC(C)CCOc1ccc(C(=O)Nc2cccc(C(=O)Nc3ccc(F)cc3)c2)cc1. The first kappa shape index (κ1) is 22.0. The van der Waals surface area contributed by atoms with E-state index in [2.05, 4.69) is 24.5 Å². The molecule has 3 aromatic carbocycles. The average Bonchev–Trinajstić information content (AvgIpc) is 2.76. The molecule has 0 unspecified atom stereocenters. The Labute approximate surface area is 181 Å². The van der Waals surface area contributed by atoms with Crippen LogP contribution in [-0.4, -0.2) is 18.4 Å². The molecule has 6 heteroatoms. The number of hydrogen-bond donors (Lipinski definition) is 2. The monoisotopic (exact) mass is 420 g/mol. The van der Waals surface area contributed by atoms with E-state index in [-0.39, 0.29) is 17.6 Å². The van der Waals surface area contributed by atoms with Crippen molar-refractivity contribution in [1.82, 2.24) is 0 Å². The fraction of sp³-hybridized carbons (Fsp3) is 0.200. The molecule has 0 radical (unpaired) electrons. The van der Waals surface area contributed by atoms with Crippen molar-refractivity contribution in [2.45, 2.75) is 20.3 Å². The van der Waals surface area contributed by atoms with Gasteiger partial charge in [0.2, 0.25) is 0 Å². The van der Waals surface area contributed by atoms with Crippen molar-refractivity contribution in [3.63, 3.8) is 0 Å². The zero-order valence-corrected chi connectivity index (χ0v) is 17.5. The molecule has 0 aliphatic carbocycles. The third-order valence-electron chi connectivity index (χ3n) is 4.57. The lowest BCUT2D eigenvalue weighted by atomic mass is 10.1. The largest absolute Gasteiger partial charge is 0.494 e. The van der Waals surface area contributed by atoms with Crippen molar-refractivity contribution in [3.8, 4) is 5.75 Å². The summed E-state index contributed by atoms with van der Waals surface area (Å²) >= 11 is 0. The first-order valence-corrected chi connectivity index (χ1v) is 10.1. The lowest BCUT2D eigenvalue weighted by Gasteiger charge is -2.10. The molecule has 0 saturated carbocycles. The van der Waals surface area contributed by atoms with Gasteiger partial charge in [-0.15, -0.1) is 0 Å². The fourth-order valence-electron chi connectivity index (χ4n) is 2.79. The maximum atomic E-state index is 13.0. The van der Waals surface area contributed by atoms with E-state index >= 15 is 0 Å². The predicted molar refractivity (Wildman–Crippen MR) is 120 cm³/mol.